The van der Waals surface area contributed by atoms with Gasteiger partial charge in [-0.1, -0.05) is 42.5 Å². The number of nitrogens with one attached hydrogen (secondary N) is 2. The van der Waals surface area contributed by atoms with E-state index in [1.54, 1.807) is 54.6 Å². The van der Waals surface area contributed by atoms with Crippen LogP contribution < -0.4 is 15.4 Å². The SMILES string of the molecule is Cn1c(CNCc2ccc(C(=N)N)cc2)nc2cc(N(CC(=O)O)S(=O)(=O)c3cccc4cccnc34)ccc21. The maximum Gasteiger partial charge on any atom is 0.324 e. The first-order chi connectivity index (χ1) is 19.1. The van der Waals surface area contributed by atoms with Gasteiger partial charge in [-0.2, -0.15) is 0 Å². The van der Waals surface area contributed by atoms with Crippen LogP contribution in [0.25, 0.3) is 21.9 Å². The van der Waals surface area contributed by atoms with E-state index in [0.717, 1.165) is 21.2 Å². The summed E-state index contributed by atoms with van der Waals surface area (Å²) in [6.45, 7) is 0.241. The molecule has 40 heavy (non-hydrogen) atoms. The minimum absolute atomic E-state index is 0.0158. The van der Waals surface area contributed by atoms with Crippen molar-refractivity contribution < 1.29 is 18.3 Å². The van der Waals surface area contributed by atoms with Gasteiger partial charge in [-0.15, -0.1) is 0 Å². The van der Waals surface area contributed by atoms with Crippen LogP contribution in [0.3, 0.4) is 0 Å². The Morgan fingerprint density at radius 1 is 1.07 bits per heavy atom. The summed E-state index contributed by atoms with van der Waals surface area (Å²) in [5, 5.41) is 21.1. The van der Waals surface area contributed by atoms with Crippen molar-refractivity contribution in [2.45, 2.75) is 18.0 Å². The summed E-state index contributed by atoms with van der Waals surface area (Å²) in [4.78, 5) is 20.6. The van der Waals surface area contributed by atoms with Gasteiger partial charge in [-0.05, 0) is 35.9 Å². The molecule has 3 aromatic carbocycles. The van der Waals surface area contributed by atoms with Crippen molar-refractivity contribution >= 4 is 49.5 Å². The highest BCUT2D eigenvalue weighted by Gasteiger charge is 2.29. The van der Waals surface area contributed by atoms with Crippen LogP contribution in [0.1, 0.15) is 17.0 Å². The van der Waals surface area contributed by atoms with Crippen LogP contribution in [0.2, 0.25) is 0 Å². The molecule has 2 heterocycles. The Morgan fingerprint density at radius 3 is 2.55 bits per heavy atom. The quantitative estimate of drug-likeness (QED) is 0.150. The average Bonchev–Trinajstić information content (AvgIpc) is 3.25. The summed E-state index contributed by atoms with van der Waals surface area (Å²) < 4.78 is 30.4. The number of nitrogens with two attached hydrogens (primary N) is 1. The third-order valence-corrected chi connectivity index (χ3v) is 8.37. The van der Waals surface area contributed by atoms with Gasteiger partial charge in [0.25, 0.3) is 10.0 Å². The number of carboxylic acids is 1. The Morgan fingerprint density at radius 2 is 1.82 bits per heavy atom. The molecule has 5 rings (SSSR count). The van der Waals surface area contributed by atoms with Crippen molar-refractivity contribution in [2.24, 2.45) is 12.8 Å². The number of aryl methyl sites for hydroxylation is 1. The third kappa shape index (κ3) is 5.22. The highest BCUT2D eigenvalue weighted by molar-refractivity contribution is 7.93. The lowest BCUT2D eigenvalue weighted by molar-refractivity contribution is -0.135. The highest BCUT2D eigenvalue weighted by Crippen LogP contribution is 2.30. The van der Waals surface area contributed by atoms with Gasteiger partial charge in [-0.25, -0.2) is 13.4 Å². The fourth-order valence-electron chi connectivity index (χ4n) is 4.51. The van der Waals surface area contributed by atoms with Crippen molar-refractivity contribution in [2.75, 3.05) is 10.8 Å². The lowest BCUT2D eigenvalue weighted by Crippen LogP contribution is -2.36. The molecule has 0 amide bonds. The van der Waals surface area contributed by atoms with Gasteiger partial charge in [0.2, 0.25) is 0 Å². The molecule has 0 radical (unpaired) electrons. The molecule has 5 N–H and O–H groups in total. The zero-order valence-electron chi connectivity index (χ0n) is 21.6. The molecule has 0 saturated heterocycles. The topological polar surface area (TPSA) is 167 Å². The number of hydrogen-bond acceptors (Lipinski definition) is 7. The summed E-state index contributed by atoms with van der Waals surface area (Å²) in [5.74, 6) is -0.556. The van der Waals surface area contributed by atoms with E-state index in [4.69, 9.17) is 11.1 Å². The smallest absolute Gasteiger partial charge is 0.324 e. The number of nitrogens with zero attached hydrogens (tertiary/aromatic N) is 4. The molecule has 0 unspecified atom stereocenters. The Kier molecular flexibility index (Phi) is 7.20. The van der Waals surface area contributed by atoms with Gasteiger partial charge in [0.1, 0.15) is 23.1 Å². The molecule has 0 bridgehead atoms. The summed E-state index contributed by atoms with van der Waals surface area (Å²) in [5.41, 5.74) is 8.94. The number of imidazole rings is 1. The number of sulfonamides is 1. The molecule has 0 saturated carbocycles. The normalized spacial score (nSPS) is 11.6. The zero-order chi connectivity index (χ0) is 28.4. The van der Waals surface area contributed by atoms with E-state index in [2.05, 4.69) is 15.3 Å². The minimum Gasteiger partial charge on any atom is -0.480 e. The van der Waals surface area contributed by atoms with E-state index >= 15 is 0 Å². The van der Waals surface area contributed by atoms with Crippen LogP contribution in [0.5, 0.6) is 0 Å². The number of benzene rings is 3. The predicted molar refractivity (Wildman–Crippen MR) is 153 cm³/mol. The minimum atomic E-state index is -4.28. The van der Waals surface area contributed by atoms with Gasteiger partial charge in [0.05, 0.1) is 28.8 Å². The standard InChI is InChI=1S/C28H27N7O4S/c1-34-23-12-11-21(14-22(23)33-25(34)16-31-15-18-7-9-20(10-8-18)28(29)30)35(17-26(36)37)40(38,39)24-6-2-4-19-5-3-13-32-27(19)24/h2-14,31H,15-17H2,1H3,(H3,29,30)(H,36,37). The lowest BCUT2D eigenvalue weighted by atomic mass is 10.1. The van der Waals surface area contributed by atoms with E-state index in [1.165, 1.54) is 12.3 Å². The molecule has 0 aliphatic heterocycles. The fourth-order valence-corrected chi connectivity index (χ4v) is 6.09. The first kappa shape index (κ1) is 26.8. The van der Waals surface area contributed by atoms with Crippen LogP contribution in [0.4, 0.5) is 5.69 Å². The molecule has 204 valence electrons. The van der Waals surface area contributed by atoms with Crippen molar-refractivity contribution in [3.05, 3.63) is 95.9 Å². The molecule has 0 fully saturated rings. The Bertz CT molecular complexity index is 1850. The first-order valence-corrected chi connectivity index (χ1v) is 13.8. The van der Waals surface area contributed by atoms with Gasteiger partial charge in [0, 0.05) is 30.7 Å². The molecule has 12 heteroatoms. The van der Waals surface area contributed by atoms with Gasteiger partial charge >= 0.3 is 5.97 Å². The van der Waals surface area contributed by atoms with E-state index in [-0.39, 0.29) is 21.9 Å². The van der Waals surface area contributed by atoms with Crippen molar-refractivity contribution in [1.29, 1.82) is 5.41 Å². The third-order valence-electron chi connectivity index (χ3n) is 6.56. The summed E-state index contributed by atoms with van der Waals surface area (Å²) in [6.07, 6.45) is 1.50. The molecular formula is C28H27N7O4S. The van der Waals surface area contributed by atoms with Crippen LogP contribution in [-0.4, -0.2) is 46.4 Å². The van der Waals surface area contributed by atoms with Gasteiger partial charge in [0.15, 0.2) is 0 Å². The number of aromatic nitrogens is 3. The Labute approximate surface area is 230 Å². The monoisotopic (exact) mass is 557 g/mol. The Balaban J connectivity index is 1.43. The summed E-state index contributed by atoms with van der Waals surface area (Å²) in [6, 6.07) is 20.5. The largest absolute Gasteiger partial charge is 0.480 e. The molecule has 0 spiro atoms. The fraction of sp³-hybridized carbons (Fsp3) is 0.143. The van der Waals surface area contributed by atoms with E-state index in [0.29, 0.717) is 29.6 Å². The Hall–Kier alpha value is -4.81. The molecule has 0 aliphatic carbocycles. The number of aliphatic carboxylic acids is 1. The second-order valence-electron chi connectivity index (χ2n) is 9.21. The second kappa shape index (κ2) is 10.8. The average molecular weight is 558 g/mol. The lowest BCUT2D eigenvalue weighted by Gasteiger charge is -2.23. The van der Waals surface area contributed by atoms with Crippen LogP contribution in [0, 0.1) is 5.41 Å². The first-order valence-electron chi connectivity index (χ1n) is 12.3. The van der Waals surface area contributed by atoms with Crippen molar-refractivity contribution in [1.82, 2.24) is 19.9 Å². The number of carboxylic acid groups (broad SMARTS) is 1. The second-order valence-corrected chi connectivity index (χ2v) is 11.0. The molecule has 0 atom stereocenters. The van der Waals surface area contributed by atoms with Crippen molar-refractivity contribution in [3.63, 3.8) is 0 Å². The number of fused-ring (bicyclic) bond motifs is 2. The van der Waals surface area contributed by atoms with Crippen LogP contribution in [0.15, 0.2) is 83.9 Å². The number of rotatable bonds is 10. The number of para-hydroxylation sites is 1. The van der Waals surface area contributed by atoms with Gasteiger partial charge < -0.3 is 20.7 Å². The number of carbonyl (C=O) groups is 1. The van der Waals surface area contributed by atoms with E-state index < -0.39 is 22.5 Å². The highest BCUT2D eigenvalue weighted by atomic mass is 32.2. The van der Waals surface area contributed by atoms with Crippen LogP contribution >= 0.6 is 0 Å². The van der Waals surface area contributed by atoms with Crippen molar-refractivity contribution in [3.8, 4) is 0 Å². The summed E-state index contributed by atoms with van der Waals surface area (Å²) >= 11 is 0. The molecule has 2 aromatic heterocycles. The number of pyridine rings is 1. The number of nitrogen functional groups attached to an aromatic ring is 1. The number of hydrogen-bond donors (Lipinski definition) is 4. The molecule has 0 aliphatic rings. The molecular weight excluding hydrogens is 530 g/mol. The maximum absolute atomic E-state index is 13.8. The van der Waals surface area contributed by atoms with Crippen LogP contribution in [-0.2, 0) is 35.0 Å². The predicted octanol–water partition coefficient (Wildman–Crippen LogP) is 2.98. The number of anilines is 1. The van der Waals surface area contributed by atoms with Gasteiger partial charge in [-0.3, -0.25) is 19.5 Å². The number of amidine groups is 1. The molecule has 11 nitrogen and oxygen atoms in total. The van der Waals surface area contributed by atoms with E-state index in [9.17, 15) is 18.3 Å². The van der Waals surface area contributed by atoms with E-state index in [1.807, 2.05) is 23.7 Å². The molecule has 5 aromatic rings. The zero-order valence-corrected chi connectivity index (χ0v) is 22.4. The summed E-state index contributed by atoms with van der Waals surface area (Å²) in [7, 11) is -2.42. The maximum atomic E-state index is 13.8.